The minimum absolute atomic E-state index is 0.0868. The Labute approximate surface area is 97.9 Å². The zero-order valence-electron chi connectivity index (χ0n) is 9.13. The molecule has 4 heteroatoms. The van der Waals surface area contributed by atoms with E-state index < -0.39 is 5.41 Å². The maximum atomic E-state index is 12.0. The van der Waals surface area contributed by atoms with E-state index in [9.17, 15) is 9.59 Å². The lowest BCUT2D eigenvalue weighted by Crippen LogP contribution is -2.37. The molecule has 1 aromatic rings. The van der Waals surface area contributed by atoms with Crippen molar-refractivity contribution in [1.29, 1.82) is 0 Å². The molecule has 2 aliphatic rings. The molecule has 3 nitrogen and oxygen atoms in total. The van der Waals surface area contributed by atoms with Gasteiger partial charge in [0.1, 0.15) is 0 Å². The Balaban J connectivity index is 2.16. The minimum atomic E-state index is -0.532. The fourth-order valence-electron chi connectivity index (χ4n) is 2.90. The van der Waals surface area contributed by atoms with Gasteiger partial charge >= 0.3 is 0 Å². The average molecular weight is 235 g/mol. The molecule has 0 saturated carbocycles. The quantitative estimate of drug-likeness (QED) is 0.695. The number of aryl methyl sites for hydroxylation is 2. The van der Waals surface area contributed by atoms with E-state index >= 15 is 0 Å². The zero-order chi connectivity index (χ0) is 11.3. The van der Waals surface area contributed by atoms with Crippen molar-refractivity contribution in [3.8, 4) is 0 Å². The van der Waals surface area contributed by atoms with Gasteiger partial charge in [0.2, 0.25) is 11.8 Å². The van der Waals surface area contributed by atoms with Crippen LogP contribution in [0.15, 0.2) is 6.07 Å². The number of rotatable bonds is 0. The first kappa shape index (κ1) is 10.0. The summed E-state index contributed by atoms with van der Waals surface area (Å²) in [5.74, 6) is -0.210. The summed E-state index contributed by atoms with van der Waals surface area (Å²) in [6.07, 6.45) is 3.22. The molecule has 1 fully saturated rings. The van der Waals surface area contributed by atoms with Crippen molar-refractivity contribution in [3.05, 3.63) is 21.4 Å². The van der Waals surface area contributed by atoms with E-state index in [0.29, 0.717) is 6.42 Å². The summed E-state index contributed by atoms with van der Waals surface area (Å²) in [7, 11) is 0. The number of imide groups is 1. The van der Waals surface area contributed by atoms with Crippen LogP contribution in [0.25, 0.3) is 0 Å². The van der Waals surface area contributed by atoms with E-state index in [0.717, 1.165) is 24.8 Å². The van der Waals surface area contributed by atoms with Crippen molar-refractivity contribution in [2.45, 2.75) is 38.0 Å². The molecule has 16 heavy (non-hydrogen) atoms. The topological polar surface area (TPSA) is 46.2 Å². The second kappa shape index (κ2) is 3.17. The van der Waals surface area contributed by atoms with Gasteiger partial charge in [0.15, 0.2) is 0 Å². The van der Waals surface area contributed by atoms with Crippen molar-refractivity contribution >= 4 is 23.2 Å². The Kier molecular flexibility index (Phi) is 1.98. The SMILES string of the molecule is Cc1cc2c(s1)CCCC21CC(=O)NC1=O. The third-order valence-corrected chi connectivity index (χ3v) is 4.72. The Morgan fingerprint density at radius 2 is 2.25 bits per heavy atom. The maximum Gasteiger partial charge on any atom is 0.237 e. The lowest BCUT2D eigenvalue weighted by Gasteiger charge is -2.29. The van der Waals surface area contributed by atoms with Crippen LogP contribution < -0.4 is 5.32 Å². The van der Waals surface area contributed by atoms with Gasteiger partial charge in [-0.3, -0.25) is 14.9 Å². The van der Waals surface area contributed by atoms with Crippen LogP contribution >= 0.6 is 11.3 Å². The van der Waals surface area contributed by atoms with E-state index in [-0.39, 0.29) is 11.8 Å². The summed E-state index contributed by atoms with van der Waals surface area (Å²) in [5.41, 5.74) is 0.583. The van der Waals surface area contributed by atoms with Crippen molar-refractivity contribution in [2.75, 3.05) is 0 Å². The van der Waals surface area contributed by atoms with Crippen LogP contribution in [0.1, 0.15) is 34.6 Å². The molecule has 84 valence electrons. The molecule has 0 aromatic carbocycles. The second-order valence-corrected chi connectivity index (χ2v) is 6.02. The molecule has 1 aliphatic carbocycles. The van der Waals surface area contributed by atoms with Gasteiger partial charge < -0.3 is 0 Å². The highest BCUT2D eigenvalue weighted by Crippen LogP contribution is 2.45. The number of carbonyl (C=O) groups excluding carboxylic acids is 2. The summed E-state index contributed by atoms with van der Waals surface area (Å²) in [5, 5.41) is 2.45. The van der Waals surface area contributed by atoms with Gasteiger partial charge in [-0.15, -0.1) is 11.3 Å². The summed E-state index contributed by atoms with van der Waals surface area (Å²) < 4.78 is 0. The highest BCUT2D eigenvalue weighted by molar-refractivity contribution is 7.12. The van der Waals surface area contributed by atoms with E-state index in [2.05, 4.69) is 18.3 Å². The summed E-state index contributed by atoms with van der Waals surface area (Å²) in [6, 6.07) is 2.09. The molecule has 1 unspecified atom stereocenters. The van der Waals surface area contributed by atoms with Gasteiger partial charge in [-0.05, 0) is 37.8 Å². The molecule has 1 aliphatic heterocycles. The third-order valence-electron chi connectivity index (χ3n) is 3.61. The molecule has 3 rings (SSSR count). The maximum absolute atomic E-state index is 12.0. The largest absolute Gasteiger partial charge is 0.296 e. The average Bonchev–Trinajstić information content (AvgIpc) is 2.70. The monoisotopic (exact) mass is 235 g/mol. The number of fused-ring (bicyclic) bond motifs is 2. The molecule has 0 bridgehead atoms. The molecule has 1 aromatic heterocycles. The molecular weight excluding hydrogens is 222 g/mol. The van der Waals surface area contributed by atoms with Crippen LogP contribution in [-0.2, 0) is 21.4 Å². The molecule has 0 radical (unpaired) electrons. The third kappa shape index (κ3) is 1.19. The van der Waals surface area contributed by atoms with Crippen LogP contribution in [0, 0.1) is 6.92 Å². The van der Waals surface area contributed by atoms with Crippen LogP contribution in [0.5, 0.6) is 0 Å². The molecule has 1 atom stereocenters. The fourth-order valence-corrected chi connectivity index (χ4v) is 4.08. The Morgan fingerprint density at radius 1 is 1.44 bits per heavy atom. The van der Waals surface area contributed by atoms with Gasteiger partial charge in [0, 0.05) is 16.2 Å². The van der Waals surface area contributed by atoms with Gasteiger partial charge in [-0.2, -0.15) is 0 Å². The van der Waals surface area contributed by atoms with Gasteiger partial charge in [-0.1, -0.05) is 0 Å². The minimum Gasteiger partial charge on any atom is -0.296 e. The first-order valence-corrected chi connectivity index (χ1v) is 6.37. The van der Waals surface area contributed by atoms with Gasteiger partial charge in [-0.25, -0.2) is 0 Å². The standard InChI is InChI=1S/C12H13NO2S/c1-7-5-8-9(16-7)3-2-4-12(8)6-10(14)13-11(12)15/h5H,2-4,6H2,1H3,(H,13,14,15). The smallest absolute Gasteiger partial charge is 0.237 e. The number of nitrogens with one attached hydrogen (secondary N) is 1. The summed E-state index contributed by atoms with van der Waals surface area (Å²) in [4.78, 5) is 26.0. The molecule has 2 heterocycles. The van der Waals surface area contributed by atoms with Gasteiger partial charge in [0.05, 0.1) is 5.41 Å². The highest BCUT2D eigenvalue weighted by Gasteiger charge is 2.50. The lowest BCUT2D eigenvalue weighted by atomic mass is 9.71. The van der Waals surface area contributed by atoms with Crippen molar-refractivity contribution in [3.63, 3.8) is 0 Å². The summed E-state index contributed by atoms with van der Waals surface area (Å²) in [6.45, 7) is 2.06. The molecule has 1 saturated heterocycles. The normalized spacial score (nSPS) is 28.3. The Morgan fingerprint density at radius 3 is 2.94 bits per heavy atom. The van der Waals surface area contributed by atoms with Crippen molar-refractivity contribution in [2.24, 2.45) is 0 Å². The summed E-state index contributed by atoms with van der Waals surface area (Å²) >= 11 is 1.76. The van der Waals surface area contributed by atoms with Crippen molar-refractivity contribution < 1.29 is 9.59 Å². The van der Waals surface area contributed by atoms with Gasteiger partial charge in [0.25, 0.3) is 0 Å². The van der Waals surface area contributed by atoms with Crippen LogP contribution in [0.3, 0.4) is 0 Å². The van der Waals surface area contributed by atoms with E-state index in [1.54, 1.807) is 11.3 Å². The van der Waals surface area contributed by atoms with E-state index in [4.69, 9.17) is 0 Å². The lowest BCUT2D eigenvalue weighted by molar-refractivity contribution is -0.126. The predicted octanol–water partition coefficient (Wildman–Crippen LogP) is 1.68. The highest BCUT2D eigenvalue weighted by atomic mass is 32.1. The molecule has 1 spiro atoms. The molecule has 2 amide bonds. The predicted molar refractivity (Wildman–Crippen MR) is 61.4 cm³/mol. The number of carbonyl (C=O) groups is 2. The van der Waals surface area contributed by atoms with Crippen LogP contribution in [0.2, 0.25) is 0 Å². The number of amides is 2. The second-order valence-electron chi connectivity index (χ2n) is 4.68. The van der Waals surface area contributed by atoms with Crippen LogP contribution in [0.4, 0.5) is 0 Å². The van der Waals surface area contributed by atoms with E-state index in [1.165, 1.54) is 9.75 Å². The van der Waals surface area contributed by atoms with E-state index in [1.807, 2.05) is 0 Å². The first-order chi connectivity index (χ1) is 7.62. The number of thiophene rings is 1. The number of hydrogen-bond acceptors (Lipinski definition) is 3. The Hall–Kier alpha value is -1.16. The Bertz CT molecular complexity index is 491. The van der Waals surface area contributed by atoms with Crippen LogP contribution in [-0.4, -0.2) is 11.8 Å². The van der Waals surface area contributed by atoms with Crippen molar-refractivity contribution in [1.82, 2.24) is 5.32 Å². The number of hydrogen-bond donors (Lipinski definition) is 1. The fraction of sp³-hybridized carbons (Fsp3) is 0.500. The first-order valence-electron chi connectivity index (χ1n) is 5.56. The molecular formula is C12H13NO2S. The molecule has 1 N–H and O–H groups in total. The zero-order valence-corrected chi connectivity index (χ0v) is 9.95.